The molecule has 0 saturated heterocycles. The van der Waals surface area contributed by atoms with Crippen molar-refractivity contribution in [1.29, 1.82) is 0 Å². The Bertz CT molecular complexity index is 628. The summed E-state index contributed by atoms with van der Waals surface area (Å²) in [6.07, 6.45) is 1.23. The van der Waals surface area contributed by atoms with Gasteiger partial charge in [0.25, 0.3) is 0 Å². The van der Waals surface area contributed by atoms with Crippen molar-refractivity contribution in [2.45, 2.75) is 13.1 Å². The number of nitrogens with one attached hydrogen (secondary N) is 1. The largest absolute Gasteiger partial charge is 0.450 e. The summed E-state index contributed by atoms with van der Waals surface area (Å²) in [5, 5.41) is 4.60. The van der Waals surface area contributed by atoms with Gasteiger partial charge >= 0.3 is 5.97 Å². The molecule has 0 spiro atoms. The molecule has 0 bridgehead atoms. The summed E-state index contributed by atoms with van der Waals surface area (Å²) in [5.41, 5.74) is 0.690. The number of carbonyl (C=O) groups excluding carboxylic acids is 1. The molecule has 0 radical (unpaired) electrons. The number of hydrogen-bond donors (Lipinski definition) is 1. The van der Waals surface area contributed by atoms with Gasteiger partial charge in [-0.25, -0.2) is 4.98 Å². The third-order valence-corrected chi connectivity index (χ3v) is 3.05. The van der Waals surface area contributed by atoms with Crippen molar-refractivity contribution >= 4 is 33.4 Å². The fourth-order valence-corrected chi connectivity index (χ4v) is 2.23. The maximum absolute atomic E-state index is 11.2. The van der Waals surface area contributed by atoms with Crippen LogP contribution < -0.4 is 10.4 Å². The second-order valence-electron chi connectivity index (χ2n) is 3.97. The molecule has 3 rings (SSSR count). The number of anilines is 2. The number of nitrogens with zero attached hydrogens (tertiary/aromatic N) is 2. The number of aromatic nitrogens is 1. The van der Waals surface area contributed by atoms with Crippen LogP contribution in [0.25, 0.3) is 0 Å². The lowest BCUT2D eigenvalue weighted by molar-refractivity contribution is -0.143. The summed E-state index contributed by atoms with van der Waals surface area (Å²) in [4.78, 5) is 20.7. The number of pyridine rings is 1. The van der Waals surface area contributed by atoms with Crippen LogP contribution in [0.3, 0.4) is 0 Å². The zero-order valence-electron chi connectivity index (χ0n) is 9.96. The summed E-state index contributed by atoms with van der Waals surface area (Å²) in [7, 11) is 0. The van der Waals surface area contributed by atoms with Gasteiger partial charge in [0.05, 0.1) is 0 Å². The van der Waals surface area contributed by atoms with Crippen LogP contribution in [0.1, 0.15) is 18.8 Å². The molecule has 1 unspecified atom stereocenters. The molecule has 0 aromatic carbocycles. The van der Waals surface area contributed by atoms with Crippen molar-refractivity contribution < 1.29 is 14.0 Å². The van der Waals surface area contributed by atoms with Gasteiger partial charge in [-0.3, -0.25) is 4.79 Å². The van der Waals surface area contributed by atoms with E-state index in [1.54, 1.807) is 24.4 Å². The SMILES string of the molecule is CC(=O)ON1c2cccnc2NC1c1ccc(Br)o1. The highest BCUT2D eigenvalue weighted by Gasteiger charge is 2.35. The fraction of sp³-hybridized carbons (Fsp3) is 0.167. The Balaban J connectivity index is 1.99. The number of hydroxylamine groups is 1. The average molecular weight is 324 g/mol. The summed E-state index contributed by atoms with van der Waals surface area (Å²) < 4.78 is 6.11. The first-order chi connectivity index (χ1) is 9.15. The van der Waals surface area contributed by atoms with Crippen molar-refractivity contribution in [3.05, 3.63) is 40.9 Å². The first kappa shape index (κ1) is 12.0. The molecule has 6 nitrogen and oxygen atoms in total. The van der Waals surface area contributed by atoms with Crippen LogP contribution in [-0.2, 0) is 9.63 Å². The van der Waals surface area contributed by atoms with Gasteiger partial charge in [-0.2, -0.15) is 5.06 Å². The molecule has 1 atom stereocenters. The van der Waals surface area contributed by atoms with Gasteiger partial charge in [0, 0.05) is 13.1 Å². The fourth-order valence-electron chi connectivity index (χ4n) is 1.92. The molecule has 1 aliphatic heterocycles. The maximum atomic E-state index is 11.2. The van der Waals surface area contributed by atoms with Crippen molar-refractivity contribution in [1.82, 2.24) is 4.98 Å². The molecular weight excluding hydrogens is 314 g/mol. The second-order valence-corrected chi connectivity index (χ2v) is 4.75. The maximum Gasteiger partial charge on any atom is 0.329 e. The van der Waals surface area contributed by atoms with Crippen LogP contribution in [0, 0.1) is 0 Å². The van der Waals surface area contributed by atoms with Gasteiger partial charge in [0.1, 0.15) is 5.69 Å². The molecule has 3 heterocycles. The van der Waals surface area contributed by atoms with E-state index in [2.05, 4.69) is 26.2 Å². The molecule has 2 aromatic heterocycles. The molecule has 19 heavy (non-hydrogen) atoms. The molecule has 0 amide bonds. The van der Waals surface area contributed by atoms with Crippen LogP contribution in [0.4, 0.5) is 11.5 Å². The Morgan fingerprint density at radius 1 is 1.53 bits per heavy atom. The molecule has 1 aliphatic rings. The van der Waals surface area contributed by atoms with Crippen LogP contribution in [0.5, 0.6) is 0 Å². The van der Waals surface area contributed by atoms with E-state index in [-0.39, 0.29) is 0 Å². The van der Waals surface area contributed by atoms with Crippen molar-refractivity contribution in [3.8, 4) is 0 Å². The molecule has 0 saturated carbocycles. The predicted molar refractivity (Wildman–Crippen MR) is 71.3 cm³/mol. The van der Waals surface area contributed by atoms with Gasteiger partial charge in [0.15, 0.2) is 22.4 Å². The van der Waals surface area contributed by atoms with Crippen LogP contribution in [-0.4, -0.2) is 11.0 Å². The molecule has 1 N–H and O–H groups in total. The van der Waals surface area contributed by atoms with E-state index in [9.17, 15) is 4.79 Å². The van der Waals surface area contributed by atoms with Crippen LogP contribution in [0.2, 0.25) is 0 Å². The Kier molecular flexibility index (Phi) is 2.90. The molecule has 7 heteroatoms. The first-order valence-electron chi connectivity index (χ1n) is 5.60. The van der Waals surface area contributed by atoms with Gasteiger partial charge in [-0.1, -0.05) is 0 Å². The van der Waals surface area contributed by atoms with Crippen molar-refractivity contribution in [2.24, 2.45) is 0 Å². The van der Waals surface area contributed by atoms with Crippen LogP contribution >= 0.6 is 15.9 Å². The van der Waals surface area contributed by atoms with E-state index in [0.717, 1.165) is 0 Å². The summed E-state index contributed by atoms with van der Waals surface area (Å²) in [5.74, 6) is 0.849. The molecule has 0 fully saturated rings. The number of fused-ring (bicyclic) bond motifs is 1. The van der Waals surface area contributed by atoms with E-state index in [0.29, 0.717) is 21.9 Å². The lowest BCUT2D eigenvalue weighted by Gasteiger charge is -2.22. The van der Waals surface area contributed by atoms with Crippen molar-refractivity contribution in [3.63, 3.8) is 0 Å². The number of furan rings is 1. The highest BCUT2D eigenvalue weighted by atomic mass is 79.9. The van der Waals surface area contributed by atoms with E-state index >= 15 is 0 Å². The van der Waals surface area contributed by atoms with Gasteiger partial charge in [-0.15, -0.1) is 0 Å². The Morgan fingerprint density at radius 3 is 3.05 bits per heavy atom. The zero-order valence-corrected chi connectivity index (χ0v) is 11.5. The summed E-state index contributed by atoms with van der Waals surface area (Å²) in [6, 6.07) is 7.16. The molecular formula is C12H10BrN3O3. The van der Waals surface area contributed by atoms with Gasteiger partial charge < -0.3 is 14.6 Å². The standard InChI is InChI=1S/C12H10BrN3O3/c1-7(17)19-16-8-3-2-6-14-11(8)15-12(16)9-4-5-10(13)18-9/h2-6,12H,1H3,(H,14,15). The Morgan fingerprint density at radius 2 is 2.37 bits per heavy atom. The number of hydrogen-bond acceptors (Lipinski definition) is 6. The minimum Gasteiger partial charge on any atom is -0.450 e. The molecule has 2 aromatic rings. The number of carbonyl (C=O) groups is 1. The predicted octanol–water partition coefficient (Wildman–Crippen LogP) is 2.85. The van der Waals surface area contributed by atoms with Crippen LogP contribution in [0.15, 0.2) is 39.5 Å². The highest BCUT2D eigenvalue weighted by Crippen LogP contribution is 2.40. The summed E-state index contributed by atoms with van der Waals surface area (Å²) in [6.45, 7) is 1.35. The average Bonchev–Trinajstić information content (AvgIpc) is 2.94. The zero-order chi connectivity index (χ0) is 13.4. The second kappa shape index (κ2) is 4.58. The summed E-state index contributed by atoms with van der Waals surface area (Å²) >= 11 is 3.25. The third-order valence-electron chi connectivity index (χ3n) is 2.62. The molecule has 0 aliphatic carbocycles. The quantitative estimate of drug-likeness (QED) is 0.916. The topological polar surface area (TPSA) is 67.6 Å². The number of halogens is 1. The monoisotopic (exact) mass is 323 g/mol. The first-order valence-corrected chi connectivity index (χ1v) is 6.39. The number of rotatable bonds is 2. The van der Waals surface area contributed by atoms with E-state index in [1.807, 2.05) is 6.07 Å². The van der Waals surface area contributed by atoms with E-state index in [4.69, 9.17) is 9.25 Å². The lowest BCUT2D eigenvalue weighted by atomic mass is 10.3. The Labute approximate surface area is 117 Å². The molecule has 98 valence electrons. The minimum absolute atomic E-state index is 0.408. The minimum atomic E-state index is -0.430. The van der Waals surface area contributed by atoms with Gasteiger partial charge in [0.2, 0.25) is 0 Å². The lowest BCUT2D eigenvalue weighted by Crippen LogP contribution is -2.29. The van der Waals surface area contributed by atoms with E-state index < -0.39 is 12.1 Å². The normalized spacial score (nSPS) is 16.9. The van der Waals surface area contributed by atoms with Gasteiger partial charge in [-0.05, 0) is 40.2 Å². The smallest absolute Gasteiger partial charge is 0.329 e. The van der Waals surface area contributed by atoms with E-state index in [1.165, 1.54) is 12.0 Å². The Hall–Kier alpha value is -2.02. The third kappa shape index (κ3) is 2.17. The highest BCUT2D eigenvalue weighted by molar-refractivity contribution is 9.10. The van der Waals surface area contributed by atoms with Crippen molar-refractivity contribution in [2.75, 3.05) is 10.4 Å².